The van der Waals surface area contributed by atoms with Crippen molar-refractivity contribution in [2.45, 2.75) is 18.7 Å². The second kappa shape index (κ2) is 6.73. The van der Waals surface area contributed by atoms with Gasteiger partial charge in [0.2, 0.25) is 10.4 Å². The van der Waals surface area contributed by atoms with Gasteiger partial charge in [-0.1, -0.05) is 15.9 Å². The molecule has 88 valence electrons. The van der Waals surface area contributed by atoms with Crippen LogP contribution in [0.1, 0.15) is 13.8 Å². The van der Waals surface area contributed by atoms with Gasteiger partial charge in [-0.25, -0.2) is 8.42 Å². The molecule has 0 spiro atoms. The first kappa shape index (κ1) is 16.7. The fourth-order valence-electron chi connectivity index (χ4n) is 0.810. The highest BCUT2D eigenvalue weighted by molar-refractivity contribution is 9.09. The van der Waals surface area contributed by atoms with Gasteiger partial charge in [-0.15, -0.1) is 0 Å². The van der Waals surface area contributed by atoms with E-state index in [9.17, 15) is 0 Å². The quantitative estimate of drug-likeness (QED) is 0.362. The van der Waals surface area contributed by atoms with E-state index < -0.39 is 10.4 Å². The van der Waals surface area contributed by atoms with E-state index in [4.69, 9.17) is 17.5 Å². The van der Waals surface area contributed by atoms with Crippen molar-refractivity contribution in [3.63, 3.8) is 0 Å². The number of alkyl halides is 1. The molecule has 0 bridgehead atoms. The number of rotatable bonds is 3. The first-order chi connectivity index (χ1) is 5.98. The Morgan fingerprint density at radius 3 is 1.86 bits per heavy atom. The van der Waals surface area contributed by atoms with Gasteiger partial charge in [0.05, 0.1) is 32.0 Å². The van der Waals surface area contributed by atoms with Crippen LogP contribution in [0, 0.1) is 0 Å². The summed E-state index contributed by atoms with van der Waals surface area (Å²) < 4.78 is 33.9. The zero-order valence-electron chi connectivity index (χ0n) is 8.90. The van der Waals surface area contributed by atoms with E-state index in [1.54, 1.807) is 0 Å². The zero-order valence-corrected chi connectivity index (χ0v) is 11.3. The molecular formula is C7H18BrNO4S. The Morgan fingerprint density at radius 2 is 1.79 bits per heavy atom. The third-order valence-corrected chi connectivity index (χ3v) is 1.89. The summed E-state index contributed by atoms with van der Waals surface area (Å²) in [5.74, 6) is 0. The normalized spacial score (nSPS) is 14.2. The number of halogens is 1. The smallest absolute Gasteiger partial charge is 0.215 e. The van der Waals surface area contributed by atoms with E-state index in [0.29, 0.717) is 4.83 Å². The SMILES string of the molecule is CC[N+](C)(C)CC(C)Br.O=S(=O)([O-])O. The Hall–Kier alpha value is 0.310. The molecule has 14 heavy (non-hydrogen) atoms. The van der Waals surface area contributed by atoms with Gasteiger partial charge < -0.3 is 9.04 Å². The van der Waals surface area contributed by atoms with Gasteiger partial charge in [0.15, 0.2) is 0 Å². The van der Waals surface area contributed by atoms with Crippen LogP contribution in [0.5, 0.6) is 0 Å². The third kappa shape index (κ3) is 22.8. The van der Waals surface area contributed by atoms with Crippen LogP contribution in [-0.2, 0) is 10.4 Å². The molecule has 0 aliphatic rings. The maximum atomic E-state index is 8.63. The van der Waals surface area contributed by atoms with Crippen molar-refractivity contribution >= 4 is 26.3 Å². The predicted octanol–water partition coefficient (Wildman–Crippen LogP) is 0.871. The van der Waals surface area contributed by atoms with Gasteiger partial charge >= 0.3 is 0 Å². The first-order valence-corrected chi connectivity index (χ1v) is 6.40. The molecule has 0 aromatic heterocycles. The topological polar surface area (TPSA) is 77.4 Å². The molecule has 0 aliphatic carbocycles. The van der Waals surface area contributed by atoms with Gasteiger partial charge in [-0.2, -0.15) is 0 Å². The lowest BCUT2D eigenvalue weighted by molar-refractivity contribution is -0.887. The van der Waals surface area contributed by atoms with Crippen LogP contribution in [0.3, 0.4) is 0 Å². The Kier molecular flexibility index (Phi) is 8.04. The number of nitrogens with zero attached hydrogens (tertiary/aromatic N) is 1. The number of hydrogen-bond donors (Lipinski definition) is 1. The van der Waals surface area contributed by atoms with Crippen molar-refractivity contribution in [2.24, 2.45) is 0 Å². The summed E-state index contributed by atoms with van der Waals surface area (Å²) in [6.07, 6.45) is 0. The average molecular weight is 292 g/mol. The van der Waals surface area contributed by atoms with E-state index in [-0.39, 0.29) is 0 Å². The van der Waals surface area contributed by atoms with Crippen molar-refractivity contribution in [1.82, 2.24) is 0 Å². The van der Waals surface area contributed by atoms with Crippen LogP contribution < -0.4 is 0 Å². The standard InChI is InChI=1S/C7H17BrN.H2O4S/c1-5-9(3,4)6-7(2)8;1-5(2,3)4/h7H,5-6H2,1-4H3;(H2,1,2,3,4)/q+1;/p-1. The summed E-state index contributed by atoms with van der Waals surface area (Å²) in [5, 5.41) is 0. The third-order valence-electron chi connectivity index (χ3n) is 1.60. The number of quaternary nitrogens is 1. The summed E-state index contributed by atoms with van der Waals surface area (Å²) in [6, 6.07) is 0. The Balaban J connectivity index is 0. The van der Waals surface area contributed by atoms with Gasteiger partial charge in [0.1, 0.15) is 0 Å². The van der Waals surface area contributed by atoms with Crippen molar-refractivity contribution in [1.29, 1.82) is 0 Å². The summed E-state index contributed by atoms with van der Waals surface area (Å²) in [4.78, 5) is 0.632. The maximum absolute atomic E-state index is 8.63. The maximum Gasteiger partial charge on any atom is 0.215 e. The molecule has 0 saturated heterocycles. The zero-order chi connectivity index (χ0) is 12.0. The highest BCUT2D eigenvalue weighted by atomic mass is 79.9. The molecule has 0 radical (unpaired) electrons. The minimum atomic E-state index is -4.92. The van der Waals surface area contributed by atoms with E-state index in [1.165, 1.54) is 13.1 Å². The highest BCUT2D eigenvalue weighted by Gasteiger charge is 2.13. The van der Waals surface area contributed by atoms with Crippen molar-refractivity contribution in [3.8, 4) is 0 Å². The summed E-state index contributed by atoms with van der Waals surface area (Å²) in [6.45, 7) is 6.82. The van der Waals surface area contributed by atoms with Gasteiger partial charge in [-0.3, -0.25) is 4.55 Å². The highest BCUT2D eigenvalue weighted by Crippen LogP contribution is 2.04. The molecule has 1 unspecified atom stereocenters. The van der Waals surface area contributed by atoms with Crippen LogP contribution in [-0.4, -0.2) is 54.0 Å². The Morgan fingerprint density at radius 1 is 1.50 bits per heavy atom. The van der Waals surface area contributed by atoms with Crippen molar-refractivity contribution in [3.05, 3.63) is 0 Å². The molecule has 0 aromatic rings. The first-order valence-electron chi connectivity index (χ1n) is 4.12. The van der Waals surface area contributed by atoms with Crippen LogP contribution in [0.2, 0.25) is 0 Å². The molecule has 0 saturated carbocycles. The average Bonchev–Trinajstić information content (AvgIpc) is 1.80. The minimum Gasteiger partial charge on any atom is -0.726 e. The lowest BCUT2D eigenvalue weighted by Gasteiger charge is -2.29. The summed E-state index contributed by atoms with van der Waals surface area (Å²) in [7, 11) is -0.421. The Labute approximate surface area is 94.4 Å². The summed E-state index contributed by atoms with van der Waals surface area (Å²) in [5.41, 5.74) is 0. The lowest BCUT2D eigenvalue weighted by Crippen LogP contribution is -2.42. The molecule has 5 nitrogen and oxygen atoms in total. The van der Waals surface area contributed by atoms with Crippen LogP contribution >= 0.6 is 15.9 Å². The van der Waals surface area contributed by atoms with E-state index in [0.717, 1.165) is 4.48 Å². The molecular weight excluding hydrogens is 274 g/mol. The Bertz CT molecular complexity index is 230. The summed E-state index contributed by atoms with van der Waals surface area (Å²) >= 11 is 3.54. The second-order valence-corrected chi connectivity index (χ2v) is 6.06. The molecule has 0 heterocycles. The van der Waals surface area contributed by atoms with Crippen LogP contribution in [0.4, 0.5) is 0 Å². The second-order valence-electron chi connectivity index (χ2n) is 3.64. The molecule has 1 N–H and O–H groups in total. The largest absolute Gasteiger partial charge is 0.726 e. The van der Waals surface area contributed by atoms with Gasteiger partial charge in [0.25, 0.3) is 0 Å². The van der Waals surface area contributed by atoms with E-state index in [2.05, 4.69) is 43.9 Å². The molecule has 0 aliphatic heterocycles. The van der Waals surface area contributed by atoms with Crippen LogP contribution in [0.25, 0.3) is 0 Å². The lowest BCUT2D eigenvalue weighted by atomic mass is 10.4. The fourth-order valence-corrected chi connectivity index (χ4v) is 1.59. The monoisotopic (exact) mass is 291 g/mol. The molecule has 1 atom stereocenters. The van der Waals surface area contributed by atoms with E-state index in [1.807, 2.05) is 0 Å². The number of hydrogen-bond acceptors (Lipinski definition) is 3. The molecule has 0 aromatic carbocycles. The fraction of sp³-hybridized carbons (Fsp3) is 1.00. The molecule has 7 heteroatoms. The van der Waals surface area contributed by atoms with Gasteiger partial charge in [0, 0.05) is 0 Å². The van der Waals surface area contributed by atoms with Gasteiger partial charge in [-0.05, 0) is 13.8 Å². The van der Waals surface area contributed by atoms with E-state index >= 15 is 0 Å². The predicted molar refractivity (Wildman–Crippen MR) is 58.2 cm³/mol. The van der Waals surface area contributed by atoms with Crippen molar-refractivity contribution in [2.75, 3.05) is 27.2 Å². The minimum absolute atomic E-state index is 0.632. The molecule has 0 amide bonds. The molecule has 0 fully saturated rings. The van der Waals surface area contributed by atoms with Crippen molar-refractivity contribution < 1.29 is 22.0 Å². The van der Waals surface area contributed by atoms with Crippen LogP contribution in [0.15, 0.2) is 0 Å². The molecule has 0 rings (SSSR count).